The Balaban J connectivity index is 4.57. The molecule has 0 aliphatic heterocycles. The van der Waals surface area contributed by atoms with Crippen molar-refractivity contribution in [2.75, 3.05) is 0 Å². The first-order valence-corrected chi connectivity index (χ1v) is 10.9. The van der Waals surface area contributed by atoms with Gasteiger partial charge in [0.2, 0.25) is 0 Å². The second kappa shape index (κ2) is 15.5. The van der Waals surface area contributed by atoms with Crippen molar-refractivity contribution in [3.05, 3.63) is 5.92 Å². The van der Waals surface area contributed by atoms with Crippen LogP contribution in [0.5, 0.6) is 0 Å². The van der Waals surface area contributed by atoms with Crippen molar-refractivity contribution in [3.63, 3.8) is 0 Å². The fourth-order valence-electron chi connectivity index (χ4n) is 3.97. The average Bonchev–Trinajstić information content (AvgIpc) is 2.57. The average molecular weight is 324 g/mol. The van der Waals surface area contributed by atoms with Gasteiger partial charge in [-0.05, 0) is 42.9 Å². The third-order valence-electron chi connectivity index (χ3n) is 5.92. The summed E-state index contributed by atoms with van der Waals surface area (Å²) in [6.07, 6.45) is 18.3. The smallest absolute Gasteiger partial charge is 0.0238 e. The predicted molar refractivity (Wildman–Crippen MR) is 108 cm³/mol. The minimum absolute atomic E-state index is 0.896. The summed E-state index contributed by atoms with van der Waals surface area (Å²) in [5, 5.41) is 0. The largest absolute Gasteiger partial charge is 0.0654 e. The molecule has 0 spiro atoms. The molecule has 0 rings (SSSR count). The lowest BCUT2D eigenvalue weighted by atomic mass is 9.75. The van der Waals surface area contributed by atoms with E-state index in [0.717, 1.165) is 17.8 Å². The van der Waals surface area contributed by atoms with Crippen LogP contribution in [0.3, 0.4) is 0 Å². The topological polar surface area (TPSA) is 0 Å². The highest BCUT2D eigenvalue weighted by atomic mass is 14.3. The van der Waals surface area contributed by atoms with Crippen molar-refractivity contribution in [1.29, 1.82) is 0 Å². The molecule has 0 nitrogen and oxygen atoms in total. The molecule has 0 aromatic rings. The molecule has 3 unspecified atom stereocenters. The summed E-state index contributed by atoms with van der Waals surface area (Å²) in [4.78, 5) is 0. The zero-order valence-electron chi connectivity index (χ0n) is 17.4. The van der Waals surface area contributed by atoms with Crippen LogP contribution < -0.4 is 0 Å². The van der Waals surface area contributed by atoms with Gasteiger partial charge in [-0.15, -0.1) is 0 Å². The molecule has 0 bridgehead atoms. The van der Waals surface area contributed by atoms with Crippen LogP contribution >= 0.6 is 0 Å². The molecule has 3 atom stereocenters. The van der Waals surface area contributed by atoms with Gasteiger partial charge in [0.1, 0.15) is 0 Å². The van der Waals surface area contributed by atoms with E-state index in [1.54, 1.807) is 0 Å². The second-order valence-corrected chi connectivity index (χ2v) is 7.96. The highest BCUT2D eigenvalue weighted by Crippen LogP contribution is 2.36. The molecule has 0 aromatic carbocycles. The Morgan fingerprint density at radius 1 is 0.652 bits per heavy atom. The summed E-state index contributed by atoms with van der Waals surface area (Å²) in [5.41, 5.74) is 0. The van der Waals surface area contributed by atoms with E-state index in [9.17, 15) is 0 Å². The van der Waals surface area contributed by atoms with Crippen LogP contribution in [0, 0.1) is 23.7 Å². The fourth-order valence-corrected chi connectivity index (χ4v) is 3.97. The van der Waals surface area contributed by atoms with E-state index in [1.807, 2.05) is 5.92 Å². The summed E-state index contributed by atoms with van der Waals surface area (Å²) in [6, 6.07) is 0. The fraction of sp³-hybridized carbons (Fsp3) is 0.957. The maximum absolute atomic E-state index is 2.49. The molecule has 0 fully saturated rings. The normalized spacial score (nSPS) is 15.8. The molecule has 23 heavy (non-hydrogen) atoms. The van der Waals surface area contributed by atoms with Crippen molar-refractivity contribution in [2.24, 2.45) is 17.8 Å². The van der Waals surface area contributed by atoms with Crippen LogP contribution in [0.1, 0.15) is 125 Å². The van der Waals surface area contributed by atoms with Crippen LogP contribution in [-0.4, -0.2) is 0 Å². The summed E-state index contributed by atoms with van der Waals surface area (Å²) in [6.45, 7) is 14.3. The van der Waals surface area contributed by atoms with Crippen molar-refractivity contribution in [3.8, 4) is 0 Å². The predicted octanol–water partition coefficient (Wildman–Crippen LogP) is 8.60. The van der Waals surface area contributed by atoms with Gasteiger partial charge in [0.25, 0.3) is 0 Å². The lowest BCUT2D eigenvalue weighted by Gasteiger charge is -2.30. The highest BCUT2D eigenvalue weighted by molar-refractivity contribution is 4.94. The second-order valence-electron chi connectivity index (χ2n) is 7.96. The molecule has 0 saturated heterocycles. The van der Waals surface area contributed by atoms with Crippen LogP contribution in [0.4, 0.5) is 0 Å². The summed E-state index contributed by atoms with van der Waals surface area (Å²) >= 11 is 0. The Morgan fingerprint density at radius 2 is 1.13 bits per heavy atom. The zero-order valence-corrected chi connectivity index (χ0v) is 17.4. The number of rotatable bonds is 16. The molecule has 0 aliphatic carbocycles. The monoisotopic (exact) mass is 323 g/mol. The lowest BCUT2D eigenvalue weighted by Crippen LogP contribution is -2.18. The molecule has 139 valence electrons. The Morgan fingerprint density at radius 3 is 1.61 bits per heavy atom. The van der Waals surface area contributed by atoms with Crippen molar-refractivity contribution in [2.45, 2.75) is 125 Å². The molecular weight excluding hydrogens is 276 g/mol. The van der Waals surface area contributed by atoms with E-state index in [4.69, 9.17) is 0 Å². The number of hydrogen-bond donors (Lipinski definition) is 0. The lowest BCUT2D eigenvalue weighted by molar-refractivity contribution is 0.301. The zero-order chi connectivity index (χ0) is 17.5. The molecular formula is C23H47. The minimum atomic E-state index is 0.896. The van der Waals surface area contributed by atoms with Gasteiger partial charge in [-0.3, -0.25) is 0 Å². The first-order valence-electron chi connectivity index (χ1n) is 10.9. The molecule has 0 heterocycles. The molecule has 1 radical (unpaired) electrons. The first-order chi connectivity index (χ1) is 11.1. The third kappa shape index (κ3) is 11.2. The van der Waals surface area contributed by atoms with Gasteiger partial charge in [-0.1, -0.05) is 106 Å². The van der Waals surface area contributed by atoms with Crippen LogP contribution in [0.15, 0.2) is 0 Å². The SMILES string of the molecule is CCCCC(CC)C[C](C)C(CCCC)CC(CC)CCCC. The van der Waals surface area contributed by atoms with Gasteiger partial charge in [-0.25, -0.2) is 0 Å². The third-order valence-corrected chi connectivity index (χ3v) is 5.92. The maximum atomic E-state index is 2.49. The van der Waals surface area contributed by atoms with E-state index < -0.39 is 0 Å². The Bertz CT molecular complexity index is 232. The summed E-state index contributed by atoms with van der Waals surface area (Å²) < 4.78 is 0. The Hall–Kier alpha value is 0. The van der Waals surface area contributed by atoms with Crippen LogP contribution in [0.25, 0.3) is 0 Å². The van der Waals surface area contributed by atoms with E-state index in [-0.39, 0.29) is 0 Å². The quantitative estimate of drug-likeness (QED) is 0.267. The van der Waals surface area contributed by atoms with Crippen LogP contribution in [0.2, 0.25) is 0 Å². The van der Waals surface area contributed by atoms with Crippen molar-refractivity contribution in [1.82, 2.24) is 0 Å². The molecule has 0 heteroatoms. The first kappa shape index (κ1) is 23.0. The molecule has 0 saturated carbocycles. The van der Waals surface area contributed by atoms with E-state index in [2.05, 4.69) is 41.5 Å². The van der Waals surface area contributed by atoms with E-state index in [0.29, 0.717) is 0 Å². The standard InChI is InChI=1S/C23H47/c1-7-12-15-21(10-4)18-20(6)23(17-14-9-3)19-22(11-5)16-13-8-2/h21-23H,7-19H2,1-6H3. The molecule has 0 amide bonds. The van der Waals surface area contributed by atoms with Gasteiger partial charge in [0, 0.05) is 0 Å². The summed E-state index contributed by atoms with van der Waals surface area (Å²) in [7, 11) is 0. The van der Waals surface area contributed by atoms with Crippen molar-refractivity contribution < 1.29 is 0 Å². The summed E-state index contributed by atoms with van der Waals surface area (Å²) in [5.74, 6) is 4.63. The van der Waals surface area contributed by atoms with Crippen molar-refractivity contribution >= 4 is 0 Å². The Kier molecular flexibility index (Phi) is 15.5. The van der Waals surface area contributed by atoms with Gasteiger partial charge in [-0.2, -0.15) is 0 Å². The number of unbranched alkanes of at least 4 members (excludes halogenated alkanes) is 3. The van der Waals surface area contributed by atoms with E-state index >= 15 is 0 Å². The van der Waals surface area contributed by atoms with Crippen LogP contribution in [-0.2, 0) is 0 Å². The molecule has 0 N–H and O–H groups in total. The Labute approximate surface area is 149 Å². The van der Waals surface area contributed by atoms with Gasteiger partial charge >= 0.3 is 0 Å². The number of hydrogen-bond acceptors (Lipinski definition) is 0. The van der Waals surface area contributed by atoms with Gasteiger partial charge in [0.15, 0.2) is 0 Å². The maximum Gasteiger partial charge on any atom is -0.0238 e. The minimum Gasteiger partial charge on any atom is -0.0654 e. The molecule has 0 aliphatic rings. The van der Waals surface area contributed by atoms with Gasteiger partial charge < -0.3 is 0 Å². The van der Waals surface area contributed by atoms with Gasteiger partial charge in [0.05, 0.1) is 0 Å². The highest BCUT2D eigenvalue weighted by Gasteiger charge is 2.23. The molecule has 0 aromatic heterocycles. The van der Waals surface area contributed by atoms with E-state index in [1.165, 1.54) is 83.5 Å².